The number of hydrogen-bond acceptors (Lipinski definition) is 4. The van der Waals surface area contributed by atoms with Gasteiger partial charge in [0.05, 0.1) is 5.60 Å². The summed E-state index contributed by atoms with van der Waals surface area (Å²) in [6, 6.07) is 0. The molecule has 0 amide bonds. The largest absolute Gasteiger partial charge is 0.746 e. The summed E-state index contributed by atoms with van der Waals surface area (Å²) >= 11 is 0. The molecule has 0 fully saturated rings. The van der Waals surface area contributed by atoms with E-state index in [0.717, 1.165) is 0 Å². The summed E-state index contributed by atoms with van der Waals surface area (Å²) < 4.78 is 34.7. The molecule has 0 atom stereocenters. The molecule has 0 aromatic rings. The average molecular weight is 167 g/mol. The van der Waals surface area contributed by atoms with Crippen LogP contribution in [-0.4, -0.2) is 24.5 Å². The standard InChI is InChI=1S/C5H12O4S/c1-5(2,3)9-4-10(6,7)8/h4H2,1-3H3,(H,6,7,8)/p-1. The minimum atomic E-state index is -4.23. The lowest BCUT2D eigenvalue weighted by molar-refractivity contribution is 0.0225. The van der Waals surface area contributed by atoms with Crippen LogP contribution in [0.2, 0.25) is 0 Å². The van der Waals surface area contributed by atoms with E-state index in [1.165, 1.54) is 0 Å². The highest BCUT2D eigenvalue weighted by molar-refractivity contribution is 7.85. The van der Waals surface area contributed by atoms with Crippen molar-refractivity contribution in [3.05, 3.63) is 0 Å². The average Bonchev–Trinajstić information content (AvgIpc) is 1.57. The maximum atomic E-state index is 10.00. The highest BCUT2D eigenvalue weighted by Gasteiger charge is 2.10. The first kappa shape index (κ1) is 9.87. The van der Waals surface area contributed by atoms with Gasteiger partial charge >= 0.3 is 0 Å². The number of hydrogen-bond donors (Lipinski definition) is 0. The predicted octanol–water partition coefficient (Wildman–Crippen LogP) is 0.304. The zero-order valence-electron chi connectivity index (χ0n) is 6.25. The molecule has 0 bridgehead atoms. The van der Waals surface area contributed by atoms with Crippen LogP contribution in [0.25, 0.3) is 0 Å². The first-order valence-corrected chi connectivity index (χ1v) is 4.36. The van der Waals surface area contributed by atoms with Gasteiger partial charge in [0.1, 0.15) is 16.1 Å². The van der Waals surface area contributed by atoms with Gasteiger partial charge < -0.3 is 9.29 Å². The fourth-order valence-electron chi connectivity index (χ4n) is 0.249. The molecule has 0 heterocycles. The van der Waals surface area contributed by atoms with Gasteiger partial charge in [-0.15, -0.1) is 0 Å². The molecule has 0 aromatic carbocycles. The fourth-order valence-corrected chi connectivity index (χ4v) is 0.747. The van der Waals surface area contributed by atoms with E-state index in [-0.39, 0.29) is 0 Å². The first-order chi connectivity index (χ1) is 4.21. The highest BCUT2D eigenvalue weighted by atomic mass is 32.2. The van der Waals surface area contributed by atoms with Crippen LogP contribution in [-0.2, 0) is 14.9 Å². The van der Waals surface area contributed by atoms with Gasteiger partial charge in [-0.3, -0.25) is 0 Å². The summed E-state index contributed by atoms with van der Waals surface area (Å²) in [7, 11) is -4.23. The van der Waals surface area contributed by atoms with Crippen LogP contribution in [0.4, 0.5) is 0 Å². The molecule has 5 heteroatoms. The summed E-state index contributed by atoms with van der Waals surface area (Å²) in [5, 5.41) is 0. The molecular weight excluding hydrogens is 156 g/mol. The predicted molar refractivity (Wildman–Crippen MR) is 35.4 cm³/mol. The Morgan fingerprint density at radius 3 is 1.90 bits per heavy atom. The number of rotatable bonds is 2. The van der Waals surface area contributed by atoms with Crippen molar-refractivity contribution in [2.45, 2.75) is 26.4 Å². The molecule has 0 aliphatic carbocycles. The Morgan fingerprint density at radius 2 is 1.80 bits per heavy atom. The second-order valence-corrected chi connectivity index (χ2v) is 4.28. The zero-order chi connectivity index (χ0) is 8.41. The molecule has 0 N–H and O–H groups in total. The van der Waals surface area contributed by atoms with Crippen molar-refractivity contribution in [1.82, 2.24) is 0 Å². The van der Waals surface area contributed by atoms with E-state index in [1.807, 2.05) is 0 Å². The third-order valence-corrected chi connectivity index (χ3v) is 1.04. The van der Waals surface area contributed by atoms with Crippen LogP contribution in [0.5, 0.6) is 0 Å². The Morgan fingerprint density at radius 1 is 1.40 bits per heavy atom. The molecule has 0 aromatic heterocycles. The lowest BCUT2D eigenvalue weighted by Crippen LogP contribution is -2.23. The summed E-state index contributed by atoms with van der Waals surface area (Å²) in [4.78, 5) is 0. The maximum absolute atomic E-state index is 10.00. The van der Waals surface area contributed by atoms with Gasteiger partial charge in [0.25, 0.3) is 0 Å². The topological polar surface area (TPSA) is 66.4 Å². The summed E-state index contributed by atoms with van der Waals surface area (Å²) in [6.45, 7) is 5.04. The molecule has 0 aliphatic heterocycles. The normalized spacial score (nSPS) is 13.6. The van der Waals surface area contributed by atoms with E-state index in [2.05, 4.69) is 0 Å². The Balaban J connectivity index is 3.79. The van der Waals surface area contributed by atoms with E-state index in [9.17, 15) is 13.0 Å². The smallest absolute Gasteiger partial charge is 0.137 e. The lowest BCUT2D eigenvalue weighted by atomic mass is 10.2. The Kier molecular flexibility index (Phi) is 2.82. The van der Waals surface area contributed by atoms with Gasteiger partial charge in [-0.25, -0.2) is 8.42 Å². The van der Waals surface area contributed by atoms with E-state index in [4.69, 9.17) is 4.74 Å². The minimum absolute atomic E-state index is 0.572. The summed E-state index contributed by atoms with van der Waals surface area (Å²) in [5.41, 5.74) is -0.572. The Labute approximate surface area is 60.9 Å². The van der Waals surface area contributed by atoms with E-state index < -0.39 is 21.7 Å². The van der Waals surface area contributed by atoms with Gasteiger partial charge in [-0.05, 0) is 20.8 Å². The van der Waals surface area contributed by atoms with E-state index >= 15 is 0 Å². The second kappa shape index (κ2) is 2.86. The van der Waals surface area contributed by atoms with Gasteiger partial charge in [-0.1, -0.05) is 0 Å². The molecule has 0 radical (unpaired) electrons. The zero-order valence-corrected chi connectivity index (χ0v) is 7.06. The molecule has 0 saturated heterocycles. The van der Waals surface area contributed by atoms with Crippen molar-refractivity contribution in [2.75, 3.05) is 5.94 Å². The van der Waals surface area contributed by atoms with Crippen LogP contribution in [0.3, 0.4) is 0 Å². The van der Waals surface area contributed by atoms with Crippen LogP contribution in [0.1, 0.15) is 20.8 Å². The molecule has 4 nitrogen and oxygen atoms in total. The SMILES string of the molecule is CC(C)(C)OCS(=O)(=O)[O-]. The molecule has 0 aliphatic rings. The first-order valence-electron chi connectivity index (χ1n) is 2.78. The molecule has 0 spiro atoms. The van der Waals surface area contributed by atoms with Crippen LogP contribution >= 0.6 is 0 Å². The van der Waals surface area contributed by atoms with Crippen LogP contribution < -0.4 is 0 Å². The van der Waals surface area contributed by atoms with Crippen molar-refractivity contribution < 1.29 is 17.7 Å². The van der Waals surface area contributed by atoms with E-state index in [0.29, 0.717) is 0 Å². The molecule has 0 unspecified atom stereocenters. The van der Waals surface area contributed by atoms with Gasteiger partial charge in [-0.2, -0.15) is 0 Å². The van der Waals surface area contributed by atoms with Crippen molar-refractivity contribution in [3.8, 4) is 0 Å². The molecule has 0 rings (SSSR count). The molecular formula is C5H11O4S-. The quantitative estimate of drug-likeness (QED) is 0.555. The third kappa shape index (κ3) is 7.87. The van der Waals surface area contributed by atoms with Crippen molar-refractivity contribution in [2.24, 2.45) is 0 Å². The fraction of sp³-hybridized carbons (Fsp3) is 1.00. The Bertz CT molecular complexity index is 186. The van der Waals surface area contributed by atoms with Gasteiger partial charge in [0, 0.05) is 0 Å². The Hall–Kier alpha value is -0.130. The third-order valence-electron chi connectivity index (χ3n) is 0.636. The van der Waals surface area contributed by atoms with Gasteiger partial charge in [0.15, 0.2) is 0 Å². The van der Waals surface area contributed by atoms with Crippen molar-refractivity contribution in [1.29, 1.82) is 0 Å². The maximum Gasteiger partial charge on any atom is 0.137 e. The molecule has 0 saturated carbocycles. The second-order valence-electron chi connectivity index (χ2n) is 2.93. The highest BCUT2D eigenvalue weighted by Crippen LogP contribution is 2.06. The van der Waals surface area contributed by atoms with Crippen LogP contribution in [0.15, 0.2) is 0 Å². The van der Waals surface area contributed by atoms with Gasteiger partial charge in [0.2, 0.25) is 0 Å². The van der Waals surface area contributed by atoms with Crippen LogP contribution in [0, 0.1) is 0 Å². The van der Waals surface area contributed by atoms with Crippen molar-refractivity contribution >= 4 is 10.1 Å². The molecule has 10 heavy (non-hydrogen) atoms. The lowest BCUT2D eigenvalue weighted by Gasteiger charge is -2.20. The van der Waals surface area contributed by atoms with Crippen molar-refractivity contribution in [3.63, 3.8) is 0 Å². The van der Waals surface area contributed by atoms with E-state index in [1.54, 1.807) is 20.8 Å². The minimum Gasteiger partial charge on any atom is -0.746 e. The summed E-state index contributed by atoms with van der Waals surface area (Å²) in [5.74, 6) is -0.753. The monoisotopic (exact) mass is 167 g/mol. The summed E-state index contributed by atoms with van der Waals surface area (Å²) in [6.07, 6.45) is 0. The number of ether oxygens (including phenoxy) is 1. The molecule has 62 valence electrons.